The average molecular weight is 359 g/mol. The zero-order chi connectivity index (χ0) is 19.2. The van der Waals surface area contributed by atoms with Gasteiger partial charge in [0.05, 0.1) is 0 Å². The van der Waals surface area contributed by atoms with Gasteiger partial charge in [0.15, 0.2) is 17.0 Å². The van der Waals surface area contributed by atoms with Crippen molar-refractivity contribution < 1.29 is 5.11 Å². The first-order valence-electron chi connectivity index (χ1n) is 8.89. The number of hydrogen-bond acceptors (Lipinski definition) is 5. The minimum absolute atomic E-state index is 0.287. The third kappa shape index (κ3) is 3.42. The predicted molar refractivity (Wildman–Crippen MR) is 107 cm³/mol. The Kier molecular flexibility index (Phi) is 3.97. The maximum absolute atomic E-state index is 9.83. The molecule has 0 saturated heterocycles. The van der Waals surface area contributed by atoms with Crippen molar-refractivity contribution in [1.29, 1.82) is 0 Å². The molecular formula is C21H21N5O. The molecule has 6 heteroatoms. The van der Waals surface area contributed by atoms with Crippen LogP contribution >= 0.6 is 0 Å². The second kappa shape index (κ2) is 6.22. The quantitative estimate of drug-likeness (QED) is 0.701. The van der Waals surface area contributed by atoms with E-state index in [-0.39, 0.29) is 5.82 Å². The zero-order valence-corrected chi connectivity index (χ0v) is 15.4. The number of fused-ring (bicyclic) bond motifs is 1. The lowest BCUT2D eigenvalue weighted by Crippen LogP contribution is -2.14. The Morgan fingerprint density at radius 2 is 2.07 bits per heavy atom. The van der Waals surface area contributed by atoms with Crippen molar-refractivity contribution in [3.05, 3.63) is 42.2 Å². The van der Waals surface area contributed by atoms with Gasteiger partial charge in [-0.2, -0.15) is 0 Å². The molecule has 2 heterocycles. The summed E-state index contributed by atoms with van der Waals surface area (Å²) in [6, 6.07) is 8.40. The summed E-state index contributed by atoms with van der Waals surface area (Å²) in [5, 5.41) is 9.83. The smallest absolute Gasteiger partial charge is 0.209 e. The Labute approximate surface area is 157 Å². The number of nitrogens with zero attached hydrogens (tertiary/aromatic N) is 4. The van der Waals surface area contributed by atoms with Crippen molar-refractivity contribution in [3.63, 3.8) is 0 Å². The van der Waals surface area contributed by atoms with Gasteiger partial charge in [-0.15, -0.1) is 0 Å². The van der Waals surface area contributed by atoms with E-state index in [1.165, 1.54) is 0 Å². The topological polar surface area (TPSA) is 89.8 Å². The van der Waals surface area contributed by atoms with Gasteiger partial charge in [0.1, 0.15) is 11.4 Å². The van der Waals surface area contributed by atoms with Gasteiger partial charge in [0.25, 0.3) is 0 Å². The van der Waals surface area contributed by atoms with Crippen LogP contribution in [-0.4, -0.2) is 30.2 Å². The molecule has 0 unspecified atom stereocenters. The Bertz CT molecular complexity index is 1110. The molecule has 4 rings (SSSR count). The fourth-order valence-corrected chi connectivity index (χ4v) is 2.95. The average Bonchev–Trinajstić information content (AvgIpc) is 3.39. The first-order chi connectivity index (χ1) is 12.9. The summed E-state index contributed by atoms with van der Waals surface area (Å²) in [5.74, 6) is 6.95. The van der Waals surface area contributed by atoms with Gasteiger partial charge in [-0.1, -0.05) is 36.8 Å². The van der Waals surface area contributed by atoms with Crippen molar-refractivity contribution in [1.82, 2.24) is 19.5 Å². The highest BCUT2D eigenvalue weighted by Gasteiger charge is 2.30. The number of rotatable bonds is 3. The van der Waals surface area contributed by atoms with Crippen molar-refractivity contribution in [2.24, 2.45) is 0 Å². The fraction of sp³-hybridized carbons (Fsp3) is 0.286. The van der Waals surface area contributed by atoms with Gasteiger partial charge in [0, 0.05) is 11.6 Å². The van der Waals surface area contributed by atoms with E-state index in [2.05, 4.69) is 33.0 Å². The Balaban J connectivity index is 1.93. The maximum Gasteiger partial charge on any atom is 0.209 e. The Morgan fingerprint density at radius 1 is 1.30 bits per heavy atom. The van der Waals surface area contributed by atoms with Crippen LogP contribution in [0.25, 0.3) is 28.6 Å². The molecule has 2 aromatic heterocycles. The largest absolute Gasteiger partial charge is 0.382 e. The zero-order valence-electron chi connectivity index (χ0n) is 15.4. The standard InChI is InChI=1S/C21H21N5O/c1-4-13-6-5-7-14(12-13)19-25-17-18(22)23-16(10-11-21(2,3)27)24-20(17)26(19)15-8-9-15/h4-7,12,15,27H,1,8-9H2,2-3H3,(H2,22,23,24). The number of aromatic nitrogens is 4. The molecule has 1 aliphatic rings. The highest BCUT2D eigenvalue weighted by Crippen LogP contribution is 2.41. The lowest BCUT2D eigenvalue weighted by atomic mass is 10.1. The molecule has 0 aliphatic heterocycles. The second-order valence-electron chi connectivity index (χ2n) is 7.28. The van der Waals surface area contributed by atoms with Crippen LogP contribution < -0.4 is 5.73 Å². The predicted octanol–water partition coefficient (Wildman–Crippen LogP) is 3.18. The molecule has 0 spiro atoms. The number of benzene rings is 1. The van der Waals surface area contributed by atoms with Gasteiger partial charge in [0.2, 0.25) is 5.82 Å². The van der Waals surface area contributed by atoms with Crippen LogP contribution in [0.3, 0.4) is 0 Å². The molecule has 0 bridgehead atoms. The van der Waals surface area contributed by atoms with Crippen molar-refractivity contribution >= 4 is 23.1 Å². The van der Waals surface area contributed by atoms with Crippen LogP contribution in [0.2, 0.25) is 0 Å². The first-order valence-corrected chi connectivity index (χ1v) is 8.89. The second-order valence-corrected chi connectivity index (χ2v) is 7.28. The number of anilines is 1. The summed E-state index contributed by atoms with van der Waals surface area (Å²) in [4.78, 5) is 13.6. The van der Waals surface area contributed by atoms with E-state index in [4.69, 9.17) is 10.7 Å². The third-order valence-corrected chi connectivity index (χ3v) is 4.34. The highest BCUT2D eigenvalue weighted by molar-refractivity contribution is 5.86. The third-order valence-electron chi connectivity index (χ3n) is 4.34. The molecule has 136 valence electrons. The lowest BCUT2D eigenvalue weighted by Gasteiger charge is -2.08. The number of nitrogen functional groups attached to an aromatic ring is 1. The monoisotopic (exact) mass is 359 g/mol. The summed E-state index contributed by atoms with van der Waals surface area (Å²) < 4.78 is 2.13. The molecule has 1 aromatic carbocycles. The van der Waals surface area contributed by atoms with Crippen molar-refractivity contribution in [3.8, 4) is 23.2 Å². The molecule has 3 aromatic rings. The summed E-state index contributed by atoms with van der Waals surface area (Å²) in [5.41, 5.74) is 8.31. The van der Waals surface area contributed by atoms with Crippen LogP contribution in [0.5, 0.6) is 0 Å². The summed E-state index contributed by atoms with van der Waals surface area (Å²) in [7, 11) is 0. The van der Waals surface area contributed by atoms with Crippen LogP contribution in [0.15, 0.2) is 30.8 Å². The maximum atomic E-state index is 9.83. The Morgan fingerprint density at radius 3 is 2.74 bits per heavy atom. The van der Waals surface area contributed by atoms with Crippen LogP contribution in [-0.2, 0) is 0 Å². The number of aliphatic hydroxyl groups is 1. The summed E-state index contributed by atoms with van der Waals surface area (Å²) >= 11 is 0. The number of nitrogens with two attached hydrogens (primary N) is 1. The van der Waals surface area contributed by atoms with E-state index in [0.29, 0.717) is 23.0 Å². The van der Waals surface area contributed by atoms with Crippen LogP contribution in [0, 0.1) is 11.8 Å². The summed E-state index contributed by atoms with van der Waals surface area (Å²) in [6.45, 7) is 7.06. The molecule has 0 amide bonds. The van der Waals surface area contributed by atoms with Crippen molar-refractivity contribution in [2.45, 2.75) is 38.3 Å². The van der Waals surface area contributed by atoms with Gasteiger partial charge in [-0.25, -0.2) is 15.0 Å². The molecule has 6 nitrogen and oxygen atoms in total. The van der Waals surface area contributed by atoms with Gasteiger partial charge in [-0.05, 0) is 44.2 Å². The molecule has 0 atom stereocenters. The fourth-order valence-electron chi connectivity index (χ4n) is 2.95. The van der Waals surface area contributed by atoms with Crippen LogP contribution in [0.4, 0.5) is 5.82 Å². The molecule has 3 N–H and O–H groups in total. The van der Waals surface area contributed by atoms with E-state index in [9.17, 15) is 5.11 Å². The normalized spacial score (nSPS) is 14.0. The molecule has 1 fully saturated rings. The number of hydrogen-bond donors (Lipinski definition) is 2. The van der Waals surface area contributed by atoms with Gasteiger partial charge < -0.3 is 15.4 Å². The lowest BCUT2D eigenvalue weighted by molar-refractivity contribution is 0.143. The Hall–Kier alpha value is -3.17. The minimum Gasteiger partial charge on any atom is -0.382 e. The van der Waals surface area contributed by atoms with E-state index in [1.807, 2.05) is 30.3 Å². The molecule has 0 radical (unpaired) electrons. The van der Waals surface area contributed by atoms with Gasteiger partial charge >= 0.3 is 0 Å². The van der Waals surface area contributed by atoms with Crippen LogP contribution in [0.1, 0.15) is 44.1 Å². The first kappa shape index (κ1) is 17.3. The van der Waals surface area contributed by atoms with E-state index in [1.54, 1.807) is 13.8 Å². The minimum atomic E-state index is -1.12. The van der Waals surface area contributed by atoms with Gasteiger partial charge in [-0.3, -0.25) is 0 Å². The molecule has 1 aliphatic carbocycles. The van der Waals surface area contributed by atoms with E-state index >= 15 is 0 Å². The van der Waals surface area contributed by atoms with Crippen molar-refractivity contribution in [2.75, 3.05) is 5.73 Å². The summed E-state index contributed by atoms with van der Waals surface area (Å²) in [6.07, 6.45) is 3.97. The molecule has 27 heavy (non-hydrogen) atoms. The molecule has 1 saturated carbocycles. The number of imidazole rings is 1. The SMILES string of the molecule is C=Cc1cccc(-c2nc3c(N)nc(C#CC(C)(C)O)nc3n2C2CC2)c1. The highest BCUT2D eigenvalue weighted by atomic mass is 16.3. The van der Waals surface area contributed by atoms with E-state index < -0.39 is 5.60 Å². The molecular weight excluding hydrogens is 338 g/mol. The van der Waals surface area contributed by atoms with E-state index in [0.717, 1.165) is 29.8 Å².